The first-order valence-corrected chi connectivity index (χ1v) is 5.74. The van der Waals surface area contributed by atoms with Gasteiger partial charge in [-0.3, -0.25) is 0 Å². The molecule has 3 N–H and O–H groups in total. The lowest BCUT2D eigenvalue weighted by atomic mass is 10.1. The number of hydrogen-bond donors (Lipinski definition) is 2. The molecular weight excluding hydrogens is 214 g/mol. The van der Waals surface area contributed by atoms with Crippen LogP contribution in [-0.2, 0) is 6.42 Å². The van der Waals surface area contributed by atoms with Gasteiger partial charge in [0, 0.05) is 30.4 Å². The summed E-state index contributed by atoms with van der Waals surface area (Å²) in [7, 11) is 0. The number of nitrogen functional groups attached to an aromatic ring is 1. The number of nitrogens with one attached hydrogen (secondary N) is 1. The number of pyridine rings is 1. The maximum atomic E-state index is 5.62. The SMILES string of the molecule is CC(CCc1ccco1)Nc1ccnc(N)c1. The summed E-state index contributed by atoms with van der Waals surface area (Å²) >= 11 is 0. The molecule has 2 heterocycles. The number of anilines is 2. The van der Waals surface area contributed by atoms with Gasteiger partial charge in [0.15, 0.2) is 0 Å². The van der Waals surface area contributed by atoms with Gasteiger partial charge in [-0.05, 0) is 31.5 Å². The minimum atomic E-state index is 0.363. The number of aryl methyl sites for hydroxylation is 1. The molecule has 90 valence electrons. The normalized spacial score (nSPS) is 12.3. The van der Waals surface area contributed by atoms with Crippen LogP contribution in [0.25, 0.3) is 0 Å². The maximum absolute atomic E-state index is 5.62. The second-order valence-electron chi connectivity index (χ2n) is 4.13. The smallest absolute Gasteiger partial charge is 0.125 e. The van der Waals surface area contributed by atoms with Crippen molar-refractivity contribution in [1.82, 2.24) is 4.98 Å². The molecule has 0 radical (unpaired) electrons. The van der Waals surface area contributed by atoms with Crippen LogP contribution in [0.4, 0.5) is 11.5 Å². The van der Waals surface area contributed by atoms with Crippen LogP contribution >= 0.6 is 0 Å². The average Bonchev–Trinajstić information content (AvgIpc) is 2.79. The second-order valence-corrected chi connectivity index (χ2v) is 4.13. The van der Waals surface area contributed by atoms with E-state index in [1.165, 1.54) is 0 Å². The van der Waals surface area contributed by atoms with Crippen molar-refractivity contribution in [3.05, 3.63) is 42.5 Å². The van der Waals surface area contributed by atoms with Crippen LogP contribution in [0.2, 0.25) is 0 Å². The van der Waals surface area contributed by atoms with E-state index in [4.69, 9.17) is 10.2 Å². The maximum Gasteiger partial charge on any atom is 0.125 e. The van der Waals surface area contributed by atoms with E-state index in [1.807, 2.05) is 24.3 Å². The third-order valence-electron chi connectivity index (χ3n) is 2.60. The van der Waals surface area contributed by atoms with E-state index in [2.05, 4.69) is 17.2 Å². The second kappa shape index (κ2) is 5.39. The molecule has 0 bridgehead atoms. The van der Waals surface area contributed by atoms with Crippen molar-refractivity contribution in [2.75, 3.05) is 11.1 Å². The Morgan fingerprint density at radius 2 is 2.35 bits per heavy atom. The molecule has 0 spiro atoms. The van der Waals surface area contributed by atoms with Crippen LogP contribution in [0.3, 0.4) is 0 Å². The molecule has 1 unspecified atom stereocenters. The van der Waals surface area contributed by atoms with E-state index in [-0.39, 0.29) is 0 Å². The van der Waals surface area contributed by atoms with Crippen LogP contribution in [0.5, 0.6) is 0 Å². The highest BCUT2D eigenvalue weighted by Crippen LogP contribution is 2.13. The van der Waals surface area contributed by atoms with Gasteiger partial charge in [-0.25, -0.2) is 4.98 Å². The van der Waals surface area contributed by atoms with Crippen molar-refractivity contribution < 1.29 is 4.42 Å². The summed E-state index contributed by atoms with van der Waals surface area (Å²) in [5.41, 5.74) is 6.62. The van der Waals surface area contributed by atoms with E-state index >= 15 is 0 Å². The molecule has 0 saturated heterocycles. The zero-order valence-corrected chi connectivity index (χ0v) is 9.89. The van der Waals surface area contributed by atoms with Gasteiger partial charge in [0.1, 0.15) is 11.6 Å². The summed E-state index contributed by atoms with van der Waals surface area (Å²) in [6, 6.07) is 8.03. The molecule has 0 aliphatic heterocycles. The number of aromatic nitrogens is 1. The summed E-state index contributed by atoms with van der Waals surface area (Å²) in [6.07, 6.45) is 5.35. The lowest BCUT2D eigenvalue weighted by molar-refractivity contribution is 0.495. The summed E-state index contributed by atoms with van der Waals surface area (Å²) in [5.74, 6) is 1.56. The van der Waals surface area contributed by atoms with Crippen molar-refractivity contribution in [2.45, 2.75) is 25.8 Å². The van der Waals surface area contributed by atoms with Crippen molar-refractivity contribution in [2.24, 2.45) is 0 Å². The Bertz CT molecular complexity index is 453. The summed E-state index contributed by atoms with van der Waals surface area (Å²) in [6.45, 7) is 2.14. The van der Waals surface area contributed by atoms with Gasteiger partial charge in [-0.15, -0.1) is 0 Å². The Morgan fingerprint density at radius 3 is 3.06 bits per heavy atom. The third-order valence-corrected chi connectivity index (χ3v) is 2.60. The molecule has 2 aromatic heterocycles. The van der Waals surface area contributed by atoms with E-state index in [0.717, 1.165) is 24.3 Å². The molecule has 2 aromatic rings. The summed E-state index contributed by atoms with van der Waals surface area (Å²) in [5, 5.41) is 3.38. The van der Waals surface area contributed by atoms with E-state index in [9.17, 15) is 0 Å². The fraction of sp³-hybridized carbons (Fsp3) is 0.308. The largest absolute Gasteiger partial charge is 0.469 e. The fourth-order valence-electron chi connectivity index (χ4n) is 1.71. The van der Waals surface area contributed by atoms with Gasteiger partial charge in [0.05, 0.1) is 6.26 Å². The van der Waals surface area contributed by atoms with Crippen molar-refractivity contribution in [3.63, 3.8) is 0 Å². The Hall–Kier alpha value is -1.97. The first-order valence-electron chi connectivity index (χ1n) is 5.74. The number of hydrogen-bond acceptors (Lipinski definition) is 4. The van der Waals surface area contributed by atoms with E-state index in [0.29, 0.717) is 11.9 Å². The van der Waals surface area contributed by atoms with Crippen LogP contribution in [0, 0.1) is 0 Å². The van der Waals surface area contributed by atoms with Gasteiger partial charge < -0.3 is 15.5 Å². The Labute approximate surface area is 101 Å². The number of nitrogens with zero attached hydrogens (tertiary/aromatic N) is 1. The highest BCUT2D eigenvalue weighted by atomic mass is 16.3. The molecule has 0 saturated carbocycles. The average molecular weight is 231 g/mol. The van der Waals surface area contributed by atoms with Gasteiger partial charge >= 0.3 is 0 Å². The highest BCUT2D eigenvalue weighted by Gasteiger charge is 2.04. The standard InChI is InChI=1S/C13H17N3O/c1-10(4-5-12-3-2-8-17-12)16-11-6-7-15-13(14)9-11/h2-3,6-10H,4-5H2,1H3,(H3,14,15,16). The Kier molecular flexibility index (Phi) is 3.65. The van der Waals surface area contributed by atoms with Crippen molar-refractivity contribution >= 4 is 11.5 Å². The molecular formula is C13H17N3O. The van der Waals surface area contributed by atoms with Crippen molar-refractivity contribution in [1.29, 1.82) is 0 Å². The number of nitrogens with two attached hydrogens (primary N) is 1. The zero-order valence-electron chi connectivity index (χ0n) is 9.89. The molecule has 0 aliphatic carbocycles. The molecule has 4 nitrogen and oxygen atoms in total. The molecule has 4 heteroatoms. The molecule has 0 fully saturated rings. The lowest BCUT2D eigenvalue weighted by Gasteiger charge is -2.14. The number of rotatable bonds is 5. The Balaban J connectivity index is 1.83. The summed E-state index contributed by atoms with van der Waals surface area (Å²) in [4.78, 5) is 3.96. The van der Waals surface area contributed by atoms with Crippen LogP contribution in [-0.4, -0.2) is 11.0 Å². The topological polar surface area (TPSA) is 64.1 Å². The Morgan fingerprint density at radius 1 is 1.47 bits per heavy atom. The predicted molar refractivity (Wildman–Crippen MR) is 68.8 cm³/mol. The minimum Gasteiger partial charge on any atom is -0.469 e. The van der Waals surface area contributed by atoms with Crippen molar-refractivity contribution in [3.8, 4) is 0 Å². The first-order chi connectivity index (χ1) is 8.24. The lowest BCUT2D eigenvalue weighted by Crippen LogP contribution is -2.16. The fourth-order valence-corrected chi connectivity index (χ4v) is 1.71. The molecule has 0 aromatic carbocycles. The molecule has 0 aliphatic rings. The molecule has 0 amide bonds. The summed E-state index contributed by atoms with van der Waals surface area (Å²) < 4.78 is 5.30. The van der Waals surface area contributed by atoms with E-state index < -0.39 is 0 Å². The van der Waals surface area contributed by atoms with Crippen LogP contribution in [0.1, 0.15) is 19.1 Å². The monoisotopic (exact) mass is 231 g/mol. The molecule has 17 heavy (non-hydrogen) atoms. The molecule has 2 rings (SSSR count). The van der Waals surface area contributed by atoms with Gasteiger partial charge in [-0.1, -0.05) is 0 Å². The van der Waals surface area contributed by atoms with Gasteiger partial charge in [0.2, 0.25) is 0 Å². The predicted octanol–water partition coefficient (Wildman–Crippen LogP) is 2.69. The molecule has 1 atom stereocenters. The zero-order chi connectivity index (χ0) is 12.1. The van der Waals surface area contributed by atoms with Crippen LogP contribution in [0.15, 0.2) is 41.1 Å². The first kappa shape index (κ1) is 11.5. The number of furan rings is 1. The van der Waals surface area contributed by atoms with Crippen LogP contribution < -0.4 is 11.1 Å². The van der Waals surface area contributed by atoms with Gasteiger partial charge in [-0.2, -0.15) is 0 Å². The van der Waals surface area contributed by atoms with E-state index in [1.54, 1.807) is 12.5 Å². The highest BCUT2D eigenvalue weighted by molar-refractivity contribution is 5.50. The minimum absolute atomic E-state index is 0.363. The third kappa shape index (κ3) is 3.52. The quantitative estimate of drug-likeness (QED) is 0.830. The van der Waals surface area contributed by atoms with Gasteiger partial charge in [0.25, 0.3) is 0 Å².